The lowest BCUT2D eigenvalue weighted by Crippen LogP contribution is -1.90. The first kappa shape index (κ1) is 24.9. The summed E-state index contributed by atoms with van der Waals surface area (Å²) >= 11 is 0. The Kier molecular flexibility index (Phi) is 4.84. The second-order valence-electron chi connectivity index (χ2n) is 12.5. The summed E-state index contributed by atoms with van der Waals surface area (Å²) in [6, 6.07) is 50.0. The van der Waals surface area contributed by atoms with E-state index in [4.69, 9.17) is 14.4 Å². The Hall–Kier alpha value is -6.32. The fourth-order valence-electron chi connectivity index (χ4n) is 7.93. The molecule has 0 N–H and O–H groups in total. The van der Waals surface area contributed by atoms with E-state index in [0.717, 1.165) is 60.4 Å². The molecule has 0 fully saturated rings. The van der Waals surface area contributed by atoms with Gasteiger partial charge in [0, 0.05) is 38.7 Å². The number of hydrogen-bond donors (Lipinski definition) is 0. The molecular formula is C44H24N2O. The van der Waals surface area contributed by atoms with Crippen LogP contribution in [0.5, 0.6) is 0 Å². The molecule has 3 heteroatoms. The number of aromatic nitrogens is 2. The summed E-state index contributed by atoms with van der Waals surface area (Å²) in [6.07, 6.45) is 1.84. The van der Waals surface area contributed by atoms with Crippen molar-refractivity contribution < 1.29 is 4.42 Å². The van der Waals surface area contributed by atoms with E-state index in [1.807, 2.05) is 12.3 Å². The standard InChI is InChI=1S/C44H24N2O/c1-2-10-28-25(8-1)17-19-33-36(38-20-18-27-16-15-26-9-7-21-45-43(26)44(27)46-38)24-40-42(41(28)33)37-22-34-31-13-5-3-11-29(31)30-12-4-6-14-32(30)35(34)23-39(37)47-40/h1-24H. The molecule has 0 saturated carbocycles. The van der Waals surface area contributed by atoms with Crippen molar-refractivity contribution in [2.24, 2.45) is 0 Å². The lowest BCUT2D eigenvalue weighted by molar-refractivity contribution is 0.670. The molecule has 0 bridgehead atoms. The number of pyridine rings is 2. The number of rotatable bonds is 1. The third kappa shape index (κ3) is 3.40. The fourth-order valence-corrected chi connectivity index (χ4v) is 7.93. The van der Waals surface area contributed by atoms with Crippen molar-refractivity contribution in [2.75, 3.05) is 0 Å². The highest BCUT2D eigenvalue weighted by Gasteiger charge is 2.20. The Morgan fingerprint density at radius 2 is 1.00 bits per heavy atom. The SMILES string of the molecule is c1ccc2c(c1)ccc1c(-c3ccc4ccc5cccnc5c4n3)cc3oc4cc5c6ccccc6c6ccccc6c5cc4c3c12. The first-order valence-corrected chi connectivity index (χ1v) is 16.0. The van der Waals surface area contributed by atoms with Gasteiger partial charge in [0.05, 0.1) is 16.7 Å². The summed E-state index contributed by atoms with van der Waals surface area (Å²) in [5.74, 6) is 0. The fraction of sp³-hybridized carbons (Fsp3) is 0. The van der Waals surface area contributed by atoms with Crippen molar-refractivity contribution >= 4 is 97.6 Å². The van der Waals surface area contributed by atoms with Gasteiger partial charge in [-0.1, -0.05) is 109 Å². The van der Waals surface area contributed by atoms with E-state index in [0.29, 0.717) is 0 Å². The van der Waals surface area contributed by atoms with Gasteiger partial charge in [-0.05, 0) is 78.8 Å². The van der Waals surface area contributed by atoms with Crippen LogP contribution in [0, 0.1) is 0 Å². The second-order valence-corrected chi connectivity index (χ2v) is 12.5. The van der Waals surface area contributed by atoms with E-state index < -0.39 is 0 Å². The van der Waals surface area contributed by atoms with Crippen LogP contribution in [0.4, 0.5) is 0 Å². The van der Waals surface area contributed by atoms with Gasteiger partial charge in [0.1, 0.15) is 11.2 Å². The molecule has 0 spiro atoms. The highest BCUT2D eigenvalue weighted by molar-refractivity contribution is 6.33. The predicted octanol–water partition coefficient (Wildman–Crippen LogP) is 12.1. The van der Waals surface area contributed by atoms with Crippen molar-refractivity contribution in [3.05, 3.63) is 146 Å². The van der Waals surface area contributed by atoms with Crippen LogP contribution >= 0.6 is 0 Å². The molecule has 0 amide bonds. The van der Waals surface area contributed by atoms with Crippen molar-refractivity contribution in [1.29, 1.82) is 0 Å². The zero-order chi connectivity index (χ0) is 30.6. The average molecular weight is 597 g/mol. The number of hydrogen-bond acceptors (Lipinski definition) is 3. The van der Waals surface area contributed by atoms with Gasteiger partial charge in [0.25, 0.3) is 0 Å². The van der Waals surface area contributed by atoms with Crippen LogP contribution in [0.15, 0.2) is 150 Å². The Labute approximate surface area is 268 Å². The van der Waals surface area contributed by atoms with Gasteiger partial charge in [0.2, 0.25) is 0 Å². The molecule has 3 heterocycles. The molecule has 0 unspecified atom stereocenters. The molecule has 0 aliphatic heterocycles. The highest BCUT2D eigenvalue weighted by Crippen LogP contribution is 2.45. The monoisotopic (exact) mass is 596 g/mol. The van der Waals surface area contributed by atoms with E-state index in [1.54, 1.807) is 0 Å². The zero-order valence-corrected chi connectivity index (χ0v) is 25.2. The molecular weight excluding hydrogens is 572 g/mol. The number of nitrogens with zero attached hydrogens (tertiary/aromatic N) is 2. The molecule has 11 aromatic rings. The number of fused-ring (bicyclic) bond motifs is 16. The van der Waals surface area contributed by atoms with Crippen LogP contribution in [0.2, 0.25) is 0 Å². The van der Waals surface area contributed by atoms with Gasteiger partial charge >= 0.3 is 0 Å². The first-order chi connectivity index (χ1) is 23.3. The predicted molar refractivity (Wildman–Crippen MR) is 197 cm³/mol. The van der Waals surface area contributed by atoms with Crippen molar-refractivity contribution in [2.45, 2.75) is 0 Å². The molecule has 47 heavy (non-hydrogen) atoms. The Morgan fingerprint density at radius 3 is 1.79 bits per heavy atom. The summed E-state index contributed by atoms with van der Waals surface area (Å²) in [5, 5.41) is 16.6. The van der Waals surface area contributed by atoms with Gasteiger partial charge in [-0.15, -0.1) is 0 Å². The van der Waals surface area contributed by atoms with Gasteiger partial charge in [0.15, 0.2) is 0 Å². The second kappa shape index (κ2) is 9.12. The van der Waals surface area contributed by atoms with Crippen LogP contribution in [-0.2, 0) is 0 Å². The van der Waals surface area contributed by atoms with Gasteiger partial charge in [-0.25, -0.2) is 4.98 Å². The molecule has 0 aliphatic rings. The van der Waals surface area contributed by atoms with Crippen LogP contribution < -0.4 is 0 Å². The minimum Gasteiger partial charge on any atom is -0.456 e. The minimum atomic E-state index is 0.862. The molecule has 0 atom stereocenters. The van der Waals surface area contributed by atoms with Crippen LogP contribution in [0.1, 0.15) is 0 Å². The maximum Gasteiger partial charge on any atom is 0.136 e. The van der Waals surface area contributed by atoms with Crippen molar-refractivity contribution in [3.63, 3.8) is 0 Å². The number of furan rings is 1. The summed E-state index contributed by atoms with van der Waals surface area (Å²) in [7, 11) is 0. The van der Waals surface area contributed by atoms with E-state index >= 15 is 0 Å². The highest BCUT2D eigenvalue weighted by atomic mass is 16.3. The molecule has 11 rings (SSSR count). The summed E-state index contributed by atoms with van der Waals surface area (Å²) in [6.45, 7) is 0. The topological polar surface area (TPSA) is 38.9 Å². The summed E-state index contributed by atoms with van der Waals surface area (Å²) < 4.78 is 6.86. The Balaban J connectivity index is 1.31. The van der Waals surface area contributed by atoms with E-state index in [2.05, 4.69) is 133 Å². The van der Waals surface area contributed by atoms with Crippen LogP contribution in [0.25, 0.3) is 109 Å². The van der Waals surface area contributed by atoms with Crippen LogP contribution in [-0.4, -0.2) is 9.97 Å². The normalized spacial score (nSPS) is 12.3. The Bertz CT molecular complexity index is 3140. The molecule has 3 nitrogen and oxygen atoms in total. The molecule has 0 radical (unpaired) electrons. The van der Waals surface area contributed by atoms with Gasteiger partial charge in [-0.3, -0.25) is 4.98 Å². The van der Waals surface area contributed by atoms with E-state index in [9.17, 15) is 0 Å². The lowest BCUT2D eigenvalue weighted by Gasteiger charge is -2.12. The molecule has 216 valence electrons. The number of benzene rings is 8. The quantitative estimate of drug-likeness (QED) is 0.177. The van der Waals surface area contributed by atoms with Crippen molar-refractivity contribution in [1.82, 2.24) is 9.97 Å². The smallest absolute Gasteiger partial charge is 0.136 e. The third-order valence-electron chi connectivity index (χ3n) is 10.0. The van der Waals surface area contributed by atoms with E-state index in [1.165, 1.54) is 48.5 Å². The summed E-state index contributed by atoms with van der Waals surface area (Å²) in [4.78, 5) is 9.99. The van der Waals surface area contributed by atoms with Crippen LogP contribution in [0.3, 0.4) is 0 Å². The first-order valence-electron chi connectivity index (χ1n) is 16.0. The molecule has 0 saturated heterocycles. The van der Waals surface area contributed by atoms with E-state index in [-0.39, 0.29) is 0 Å². The molecule has 8 aromatic carbocycles. The van der Waals surface area contributed by atoms with Gasteiger partial charge in [-0.2, -0.15) is 0 Å². The zero-order valence-electron chi connectivity index (χ0n) is 25.2. The largest absolute Gasteiger partial charge is 0.456 e. The molecule has 0 aliphatic carbocycles. The molecule has 3 aromatic heterocycles. The minimum absolute atomic E-state index is 0.862. The third-order valence-corrected chi connectivity index (χ3v) is 10.0. The maximum atomic E-state index is 6.86. The maximum absolute atomic E-state index is 6.86. The van der Waals surface area contributed by atoms with Crippen molar-refractivity contribution in [3.8, 4) is 11.3 Å². The lowest BCUT2D eigenvalue weighted by atomic mass is 9.91. The van der Waals surface area contributed by atoms with Gasteiger partial charge < -0.3 is 4.42 Å². The average Bonchev–Trinajstić information content (AvgIpc) is 3.50. The summed E-state index contributed by atoms with van der Waals surface area (Å²) in [5.41, 5.74) is 5.52. The Morgan fingerprint density at radius 1 is 0.383 bits per heavy atom.